The fourth-order valence-electron chi connectivity index (χ4n) is 4.38. The molecule has 0 saturated heterocycles. The topological polar surface area (TPSA) is 50.7 Å². The van der Waals surface area contributed by atoms with Crippen LogP contribution in [0.4, 0.5) is 10.2 Å². The first-order valence-electron chi connectivity index (χ1n) is 11.9. The molecule has 2 heterocycles. The van der Waals surface area contributed by atoms with E-state index in [-0.39, 0.29) is 5.82 Å². The number of benzene rings is 3. The number of aromatic nitrogens is 3. The normalized spacial score (nSPS) is 11.0. The molecular formula is C30H27FN4. The van der Waals surface area contributed by atoms with Gasteiger partial charge in [-0.3, -0.25) is 4.98 Å². The molecule has 0 unspecified atom stereocenters. The maximum Gasteiger partial charge on any atom is 0.163 e. The first-order valence-corrected chi connectivity index (χ1v) is 11.9. The summed E-state index contributed by atoms with van der Waals surface area (Å²) in [6.07, 6.45) is 7.51. The van der Waals surface area contributed by atoms with Crippen LogP contribution in [0.2, 0.25) is 0 Å². The molecule has 0 bridgehead atoms. The Morgan fingerprint density at radius 3 is 2.23 bits per heavy atom. The highest BCUT2D eigenvalue weighted by atomic mass is 19.1. The quantitative estimate of drug-likeness (QED) is 0.250. The molecule has 0 amide bonds. The monoisotopic (exact) mass is 462 g/mol. The van der Waals surface area contributed by atoms with Crippen molar-refractivity contribution in [3.8, 4) is 22.5 Å². The molecule has 3 aromatic carbocycles. The van der Waals surface area contributed by atoms with Crippen LogP contribution in [0, 0.1) is 5.82 Å². The van der Waals surface area contributed by atoms with Crippen LogP contribution in [-0.4, -0.2) is 22.0 Å². The van der Waals surface area contributed by atoms with Gasteiger partial charge in [0.25, 0.3) is 0 Å². The molecule has 0 aliphatic heterocycles. The Hall–Kier alpha value is -4.12. The summed E-state index contributed by atoms with van der Waals surface area (Å²) in [7, 11) is 1.88. The minimum atomic E-state index is -0.161. The van der Waals surface area contributed by atoms with Crippen LogP contribution in [0.1, 0.15) is 24.0 Å². The highest BCUT2D eigenvalue weighted by Crippen LogP contribution is 2.30. The summed E-state index contributed by atoms with van der Waals surface area (Å²) in [5.41, 5.74) is 6.45. The predicted octanol–water partition coefficient (Wildman–Crippen LogP) is 7.11. The van der Waals surface area contributed by atoms with Gasteiger partial charge in [0.2, 0.25) is 0 Å². The lowest BCUT2D eigenvalue weighted by Crippen LogP contribution is -1.99. The molecular weight excluding hydrogens is 435 g/mol. The molecule has 5 rings (SSSR count). The minimum absolute atomic E-state index is 0.161. The number of fused-ring (bicyclic) bond motifs is 1. The first kappa shape index (κ1) is 22.7. The van der Waals surface area contributed by atoms with Crippen molar-refractivity contribution < 1.29 is 4.39 Å². The zero-order chi connectivity index (χ0) is 24.0. The largest absolute Gasteiger partial charge is 0.373 e. The van der Waals surface area contributed by atoms with Crippen molar-refractivity contribution in [1.29, 1.82) is 0 Å². The van der Waals surface area contributed by atoms with Crippen molar-refractivity contribution in [3.05, 3.63) is 108 Å². The Morgan fingerprint density at radius 2 is 1.49 bits per heavy atom. The Morgan fingerprint density at radius 1 is 0.743 bits per heavy atom. The number of halogens is 1. The number of nitrogens with one attached hydrogen (secondary N) is 1. The second-order valence-electron chi connectivity index (χ2n) is 8.66. The van der Waals surface area contributed by atoms with E-state index in [1.165, 1.54) is 17.2 Å². The molecule has 0 aliphatic rings. The second-order valence-corrected chi connectivity index (χ2v) is 8.66. The van der Waals surface area contributed by atoms with Crippen LogP contribution >= 0.6 is 0 Å². The lowest BCUT2D eigenvalue weighted by Gasteiger charge is -2.11. The summed E-state index contributed by atoms with van der Waals surface area (Å²) in [6, 6.07) is 25.8. The van der Waals surface area contributed by atoms with Gasteiger partial charge in [0.05, 0.1) is 5.52 Å². The van der Waals surface area contributed by atoms with E-state index in [0.29, 0.717) is 5.82 Å². The van der Waals surface area contributed by atoms with Crippen LogP contribution in [0.3, 0.4) is 0 Å². The summed E-state index contributed by atoms with van der Waals surface area (Å²) in [5.74, 6) is 1.29. The zero-order valence-corrected chi connectivity index (χ0v) is 19.7. The fraction of sp³-hybridized carbons (Fsp3) is 0.167. The van der Waals surface area contributed by atoms with Gasteiger partial charge in [-0.25, -0.2) is 14.4 Å². The van der Waals surface area contributed by atoms with Gasteiger partial charge in [-0.2, -0.15) is 0 Å². The van der Waals surface area contributed by atoms with Gasteiger partial charge < -0.3 is 5.32 Å². The average molecular weight is 463 g/mol. The molecule has 5 aromatic rings. The van der Waals surface area contributed by atoms with Crippen molar-refractivity contribution in [1.82, 2.24) is 15.0 Å². The summed E-state index contributed by atoms with van der Waals surface area (Å²) in [5, 5.41) is 4.21. The Kier molecular flexibility index (Phi) is 6.75. The average Bonchev–Trinajstić information content (AvgIpc) is 2.91. The number of hydrogen-bond acceptors (Lipinski definition) is 4. The lowest BCUT2D eigenvalue weighted by molar-refractivity contribution is 0.623. The van der Waals surface area contributed by atoms with Crippen molar-refractivity contribution >= 4 is 16.7 Å². The Labute approximate surface area is 204 Å². The smallest absolute Gasteiger partial charge is 0.163 e. The third-order valence-electron chi connectivity index (χ3n) is 6.18. The predicted molar refractivity (Wildman–Crippen MR) is 141 cm³/mol. The van der Waals surface area contributed by atoms with Gasteiger partial charge in [0.15, 0.2) is 5.82 Å². The Bertz CT molecular complexity index is 1450. The molecule has 1 N–H and O–H groups in total. The number of hydrogen-bond donors (Lipinski definition) is 1. The van der Waals surface area contributed by atoms with E-state index < -0.39 is 0 Å². The molecule has 5 heteroatoms. The molecule has 0 radical (unpaired) electrons. The maximum absolute atomic E-state index is 13.4. The van der Waals surface area contributed by atoms with Crippen molar-refractivity contribution in [2.24, 2.45) is 0 Å². The van der Waals surface area contributed by atoms with Crippen LogP contribution < -0.4 is 5.32 Å². The van der Waals surface area contributed by atoms with Crippen LogP contribution in [0.5, 0.6) is 0 Å². The number of nitrogens with zero attached hydrogens (tertiary/aromatic N) is 3. The van der Waals surface area contributed by atoms with Gasteiger partial charge in [0, 0.05) is 30.4 Å². The lowest BCUT2D eigenvalue weighted by atomic mass is 9.98. The standard InChI is InChI=1S/C30H27FN4/c1-32-30-27-19-24(14-15-28(27)34-29(35-30)25-12-6-16-33-20-25)23-11-4-9-21(17-23)7-2-3-8-22-10-5-13-26(31)18-22/h4-6,9-20H,2-3,7-8H2,1H3,(H,32,34,35). The molecule has 174 valence electrons. The van der Waals surface area contributed by atoms with Crippen LogP contribution in [-0.2, 0) is 12.8 Å². The molecule has 0 fully saturated rings. The van der Waals surface area contributed by atoms with E-state index in [2.05, 4.69) is 52.8 Å². The van der Waals surface area contributed by atoms with Gasteiger partial charge in [-0.15, -0.1) is 0 Å². The second kappa shape index (κ2) is 10.4. The summed E-state index contributed by atoms with van der Waals surface area (Å²) >= 11 is 0. The molecule has 0 atom stereocenters. The molecule has 0 saturated carbocycles. The van der Waals surface area contributed by atoms with Crippen molar-refractivity contribution in [2.45, 2.75) is 25.7 Å². The van der Waals surface area contributed by atoms with E-state index in [1.807, 2.05) is 25.2 Å². The van der Waals surface area contributed by atoms with Crippen molar-refractivity contribution in [2.75, 3.05) is 12.4 Å². The van der Waals surface area contributed by atoms with E-state index in [0.717, 1.165) is 59.1 Å². The molecule has 4 nitrogen and oxygen atoms in total. The minimum Gasteiger partial charge on any atom is -0.373 e. The van der Waals surface area contributed by atoms with E-state index >= 15 is 0 Å². The van der Waals surface area contributed by atoms with Crippen LogP contribution in [0.15, 0.2) is 91.3 Å². The molecule has 0 aliphatic carbocycles. The van der Waals surface area contributed by atoms with Gasteiger partial charge in [-0.1, -0.05) is 42.5 Å². The van der Waals surface area contributed by atoms with E-state index in [4.69, 9.17) is 9.97 Å². The van der Waals surface area contributed by atoms with Crippen LogP contribution in [0.25, 0.3) is 33.4 Å². The third kappa shape index (κ3) is 5.35. The highest BCUT2D eigenvalue weighted by molar-refractivity contribution is 5.93. The first-order chi connectivity index (χ1) is 17.2. The molecule has 0 spiro atoms. The molecule has 35 heavy (non-hydrogen) atoms. The molecule has 2 aromatic heterocycles. The van der Waals surface area contributed by atoms with E-state index in [1.54, 1.807) is 24.5 Å². The third-order valence-corrected chi connectivity index (χ3v) is 6.18. The number of pyridine rings is 1. The number of rotatable bonds is 8. The van der Waals surface area contributed by atoms with Gasteiger partial charge in [0.1, 0.15) is 11.6 Å². The summed E-state index contributed by atoms with van der Waals surface area (Å²) in [6.45, 7) is 0. The number of anilines is 1. The Balaban J connectivity index is 1.34. The van der Waals surface area contributed by atoms with Crippen molar-refractivity contribution in [3.63, 3.8) is 0 Å². The summed E-state index contributed by atoms with van der Waals surface area (Å²) < 4.78 is 13.4. The van der Waals surface area contributed by atoms with Gasteiger partial charge >= 0.3 is 0 Å². The highest BCUT2D eigenvalue weighted by Gasteiger charge is 2.10. The summed E-state index contributed by atoms with van der Waals surface area (Å²) in [4.78, 5) is 13.7. The number of unbranched alkanes of at least 4 members (excludes halogenated alkanes) is 1. The van der Waals surface area contributed by atoms with E-state index in [9.17, 15) is 4.39 Å². The maximum atomic E-state index is 13.4. The zero-order valence-electron chi connectivity index (χ0n) is 19.7. The fourth-order valence-corrected chi connectivity index (χ4v) is 4.38. The SMILES string of the molecule is CNc1nc(-c2cccnc2)nc2ccc(-c3cccc(CCCCc4cccc(F)c4)c3)cc12. The van der Waals surface area contributed by atoms with Gasteiger partial charge in [-0.05, 0) is 84.3 Å². The number of aryl methyl sites for hydroxylation is 2.